The second-order valence-corrected chi connectivity index (χ2v) is 5.72. The Labute approximate surface area is 122 Å². The Morgan fingerprint density at radius 2 is 2.29 bits per heavy atom. The van der Waals surface area contributed by atoms with Gasteiger partial charge in [0.15, 0.2) is 5.69 Å². The summed E-state index contributed by atoms with van der Waals surface area (Å²) in [6.07, 6.45) is 2.22. The molecule has 1 aliphatic carbocycles. The van der Waals surface area contributed by atoms with Gasteiger partial charge in [0.1, 0.15) is 6.54 Å². The molecular weight excluding hydrogens is 276 g/mol. The molecule has 116 valence electrons. The highest BCUT2D eigenvalue weighted by Crippen LogP contribution is 2.42. The van der Waals surface area contributed by atoms with Gasteiger partial charge in [0.25, 0.3) is 5.91 Å². The van der Waals surface area contributed by atoms with Gasteiger partial charge >= 0.3 is 5.97 Å². The lowest BCUT2D eigenvalue weighted by atomic mass is 9.64. The smallest absolute Gasteiger partial charge is 0.325 e. The molecule has 0 aromatic carbocycles. The number of aliphatic carboxylic acids is 1. The molecule has 2 rings (SSSR count). The molecule has 21 heavy (non-hydrogen) atoms. The number of nitrogens with one attached hydrogen (secondary N) is 1. The van der Waals surface area contributed by atoms with Crippen molar-refractivity contribution in [3.8, 4) is 0 Å². The zero-order valence-corrected chi connectivity index (χ0v) is 12.4. The summed E-state index contributed by atoms with van der Waals surface area (Å²) in [7, 11) is 0. The fourth-order valence-electron chi connectivity index (χ4n) is 2.46. The molecule has 0 aliphatic heterocycles. The summed E-state index contributed by atoms with van der Waals surface area (Å²) in [6.45, 7) is 6.37. The average molecular weight is 296 g/mol. The van der Waals surface area contributed by atoms with E-state index in [1.165, 1.54) is 6.20 Å². The van der Waals surface area contributed by atoms with Crippen LogP contribution in [-0.4, -0.2) is 50.7 Å². The first-order valence-electron chi connectivity index (χ1n) is 6.89. The van der Waals surface area contributed by atoms with Gasteiger partial charge in [0.05, 0.1) is 12.3 Å². The molecule has 0 radical (unpaired) electrons. The van der Waals surface area contributed by atoms with Crippen LogP contribution in [0, 0.1) is 5.41 Å². The maximum absolute atomic E-state index is 12.1. The molecule has 0 spiro atoms. The highest BCUT2D eigenvalue weighted by Gasteiger charge is 2.49. The first-order chi connectivity index (χ1) is 9.84. The summed E-state index contributed by atoms with van der Waals surface area (Å²) >= 11 is 0. The second kappa shape index (κ2) is 5.80. The van der Waals surface area contributed by atoms with E-state index in [9.17, 15) is 9.59 Å². The molecule has 1 aliphatic rings. The third kappa shape index (κ3) is 3.21. The van der Waals surface area contributed by atoms with E-state index in [2.05, 4.69) is 15.6 Å². The lowest BCUT2D eigenvalue weighted by Crippen LogP contribution is -2.62. The van der Waals surface area contributed by atoms with Gasteiger partial charge in [-0.3, -0.25) is 9.59 Å². The molecule has 2 unspecified atom stereocenters. The van der Waals surface area contributed by atoms with Crippen molar-refractivity contribution in [3.05, 3.63) is 11.9 Å². The van der Waals surface area contributed by atoms with Crippen molar-refractivity contribution in [1.82, 2.24) is 20.3 Å². The molecule has 2 atom stereocenters. The molecular formula is C13H20N4O4. The molecule has 1 saturated carbocycles. The summed E-state index contributed by atoms with van der Waals surface area (Å²) in [5.74, 6) is -1.38. The summed E-state index contributed by atoms with van der Waals surface area (Å²) in [5, 5.41) is 18.8. The first kappa shape index (κ1) is 15.4. The summed E-state index contributed by atoms with van der Waals surface area (Å²) in [6, 6.07) is 0.00572. The normalized spacial score (nSPS) is 23.4. The first-order valence-corrected chi connectivity index (χ1v) is 6.89. The Hall–Kier alpha value is -1.96. The van der Waals surface area contributed by atoms with E-state index >= 15 is 0 Å². The lowest BCUT2D eigenvalue weighted by Gasteiger charge is -2.51. The number of carbonyl (C=O) groups is 2. The quantitative estimate of drug-likeness (QED) is 0.782. The molecule has 1 aromatic rings. The Bertz CT molecular complexity index is 540. The Balaban J connectivity index is 1.93. The Morgan fingerprint density at radius 3 is 2.86 bits per heavy atom. The molecule has 1 amide bonds. The van der Waals surface area contributed by atoms with Crippen molar-refractivity contribution in [2.45, 2.75) is 45.9 Å². The number of hydrogen-bond acceptors (Lipinski definition) is 5. The van der Waals surface area contributed by atoms with Crippen LogP contribution in [0.1, 0.15) is 37.7 Å². The van der Waals surface area contributed by atoms with Gasteiger partial charge in [0.2, 0.25) is 0 Å². The molecule has 0 saturated heterocycles. The Kier molecular flexibility index (Phi) is 4.26. The van der Waals surface area contributed by atoms with Crippen LogP contribution in [0.4, 0.5) is 0 Å². The van der Waals surface area contributed by atoms with Gasteiger partial charge in [-0.1, -0.05) is 19.1 Å². The van der Waals surface area contributed by atoms with E-state index in [-0.39, 0.29) is 35.7 Å². The number of nitrogens with zero attached hydrogens (tertiary/aromatic N) is 3. The monoisotopic (exact) mass is 296 g/mol. The number of ether oxygens (including phenoxy) is 1. The lowest BCUT2D eigenvalue weighted by molar-refractivity contribution is -0.137. The molecule has 1 aromatic heterocycles. The summed E-state index contributed by atoms with van der Waals surface area (Å²) in [4.78, 5) is 22.6. The number of amides is 1. The van der Waals surface area contributed by atoms with Crippen LogP contribution in [0.3, 0.4) is 0 Å². The van der Waals surface area contributed by atoms with Crippen LogP contribution in [0.2, 0.25) is 0 Å². The predicted octanol–water partition coefficient (Wildman–Crippen LogP) is 0.296. The molecule has 0 bridgehead atoms. The molecule has 1 fully saturated rings. The van der Waals surface area contributed by atoms with Crippen LogP contribution in [-0.2, 0) is 16.1 Å². The molecule has 8 heteroatoms. The van der Waals surface area contributed by atoms with Crippen molar-refractivity contribution < 1.29 is 19.4 Å². The maximum Gasteiger partial charge on any atom is 0.325 e. The van der Waals surface area contributed by atoms with Gasteiger partial charge in [0, 0.05) is 18.1 Å². The maximum atomic E-state index is 12.1. The van der Waals surface area contributed by atoms with Gasteiger partial charge in [-0.05, 0) is 13.3 Å². The number of hydrogen-bond donors (Lipinski definition) is 2. The van der Waals surface area contributed by atoms with Gasteiger partial charge in [-0.2, -0.15) is 0 Å². The highest BCUT2D eigenvalue weighted by molar-refractivity contribution is 5.92. The standard InChI is InChI=1S/C13H20N4O4/c1-4-21-10-5-9(13(10,2)3)14-12(20)8-6-17(16-15-8)7-11(18)19/h6,9-10H,4-5,7H2,1-3H3,(H,14,20)(H,18,19). The van der Waals surface area contributed by atoms with E-state index in [0.717, 1.165) is 11.1 Å². The fraction of sp³-hybridized carbons (Fsp3) is 0.692. The SMILES string of the molecule is CCOC1CC(NC(=O)c2cn(CC(=O)O)nn2)C1(C)C. The third-order valence-electron chi connectivity index (χ3n) is 3.92. The molecule has 8 nitrogen and oxygen atoms in total. The second-order valence-electron chi connectivity index (χ2n) is 5.72. The zero-order chi connectivity index (χ0) is 15.6. The van der Waals surface area contributed by atoms with Crippen molar-refractivity contribution in [3.63, 3.8) is 0 Å². The van der Waals surface area contributed by atoms with Gasteiger partial charge in [-0.25, -0.2) is 4.68 Å². The third-order valence-corrected chi connectivity index (χ3v) is 3.92. The van der Waals surface area contributed by atoms with Crippen LogP contribution in [0.15, 0.2) is 6.20 Å². The number of aromatic nitrogens is 3. The van der Waals surface area contributed by atoms with Crippen molar-refractivity contribution in [2.75, 3.05) is 6.61 Å². The minimum atomic E-state index is -1.04. The zero-order valence-electron chi connectivity index (χ0n) is 12.4. The number of carbonyl (C=O) groups excluding carboxylic acids is 1. The van der Waals surface area contributed by atoms with Crippen LogP contribution in [0.5, 0.6) is 0 Å². The number of carboxylic acid groups (broad SMARTS) is 1. The number of rotatable bonds is 6. The number of carboxylic acids is 1. The summed E-state index contributed by atoms with van der Waals surface area (Å²) in [5.41, 5.74) is -0.0187. The van der Waals surface area contributed by atoms with Crippen molar-refractivity contribution >= 4 is 11.9 Å². The minimum Gasteiger partial charge on any atom is -0.480 e. The van der Waals surface area contributed by atoms with Crippen molar-refractivity contribution in [1.29, 1.82) is 0 Å². The van der Waals surface area contributed by atoms with E-state index in [0.29, 0.717) is 6.61 Å². The Morgan fingerprint density at radius 1 is 1.57 bits per heavy atom. The topological polar surface area (TPSA) is 106 Å². The summed E-state index contributed by atoms with van der Waals surface area (Å²) < 4.78 is 6.73. The van der Waals surface area contributed by atoms with E-state index in [4.69, 9.17) is 9.84 Å². The average Bonchev–Trinajstić information content (AvgIpc) is 2.85. The van der Waals surface area contributed by atoms with Crippen LogP contribution >= 0.6 is 0 Å². The van der Waals surface area contributed by atoms with Crippen molar-refractivity contribution in [2.24, 2.45) is 5.41 Å². The van der Waals surface area contributed by atoms with Crippen LogP contribution < -0.4 is 5.32 Å². The predicted molar refractivity (Wildman–Crippen MR) is 72.7 cm³/mol. The highest BCUT2D eigenvalue weighted by atomic mass is 16.5. The van der Waals surface area contributed by atoms with Gasteiger partial charge in [-0.15, -0.1) is 5.10 Å². The van der Waals surface area contributed by atoms with E-state index < -0.39 is 5.97 Å². The van der Waals surface area contributed by atoms with Crippen LogP contribution in [0.25, 0.3) is 0 Å². The molecule has 2 N–H and O–H groups in total. The van der Waals surface area contributed by atoms with E-state index in [1.807, 2.05) is 20.8 Å². The molecule has 1 heterocycles. The van der Waals surface area contributed by atoms with E-state index in [1.54, 1.807) is 0 Å². The minimum absolute atomic E-state index is 0.00572. The van der Waals surface area contributed by atoms with Gasteiger partial charge < -0.3 is 15.2 Å². The fourth-order valence-corrected chi connectivity index (χ4v) is 2.46. The largest absolute Gasteiger partial charge is 0.480 e.